The van der Waals surface area contributed by atoms with Crippen molar-refractivity contribution in [1.29, 1.82) is 0 Å². The molecule has 0 saturated carbocycles. The van der Waals surface area contributed by atoms with Crippen molar-refractivity contribution in [3.05, 3.63) is 18.3 Å². The highest BCUT2D eigenvalue weighted by molar-refractivity contribution is 5.72. The molecular formula is C6H6FN5. The summed E-state index contributed by atoms with van der Waals surface area (Å²) >= 11 is 0. The molecule has 2 aromatic heterocycles. The summed E-state index contributed by atoms with van der Waals surface area (Å²) in [7, 11) is 0. The van der Waals surface area contributed by atoms with E-state index in [-0.39, 0.29) is 12.2 Å². The van der Waals surface area contributed by atoms with Gasteiger partial charge in [-0.25, -0.2) is 15.0 Å². The maximum Gasteiger partial charge on any atom is 0.193 e. The molecule has 0 aliphatic rings. The third kappa shape index (κ3) is 0.850. The quantitative estimate of drug-likeness (QED) is 0.649. The second kappa shape index (κ2) is 2.49. The fourth-order valence-electron chi connectivity index (χ4n) is 1.01. The minimum Gasteiger partial charge on any atom is -0.325 e. The molecule has 0 atom stereocenters. The van der Waals surface area contributed by atoms with Crippen molar-refractivity contribution in [1.82, 2.24) is 19.7 Å². The molecule has 0 saturated heterocycles. The first kappa shape index (κ1) is 7.11. The van der Waals surface area contributed by atoms with Crippen LogP contribution in [0.25, 0.3) is 11.2 Å². The minimum atomic E-state index is 0.158. The van der Waals surface area contributed by atoms with Gasteiger partial charge in [0.1, 0.15) is 18.2 Å². The number of hydrogen-bond donors (Lipinski definition) is 1. The molecule has 0 aliphatic heterocycles. The van der Waals surface area contributed by atoms with Crippen LogP contribution in [0.1, 0.15) is 5.69 Å². The molecular weight excluding hydrogens is 161 g/mol. The van der Waals surface area contributed by atoms with Crippen LogP contribution in [0.15, 0.2) is 12.7 Å². The Morgan fingerprint density at radius 1 is 1.42 bits per heavy atom. The Hall–Kier alpha value is -1.56. The smallest absolute Gasteiger partial charge is 0.193 e. The highest BCUT2D eigenvalue weighted by atomic mass is 19.2. The monoisotopic (exact) mass is 167 g/mol. The zero-order chi connectivity index (χ0) is 8.55. The van der Waals surface area contributed by atoms with E-state index in [9.17, 15) is 4.48 Å². The number of fused-ring (bicyclic) bond motifs is 1. The van der Waals surface area contributed by atoms with Gasteiger partial charge < -0.3 is 5.73 Å². The number of nitrogens with zero attached hydrogens (tertiary/aromatic N) is 4. The summed E-state index contributed by atoms with van der Waals surface area (Å²) in [6.07, 6.45) is 2.31. The molecule has 0 bridgehead atoms. The van der Waals surface area contributed by atoms with Crippen molar-refractivity contribution in [2.24, 2.45) is 5.73 Å². The van der Waals surface area contributed by atoms with Crippen molar-refractivity contribution in [2.75, 3.05) is 0 Å². The van der Waals surface area contributed by atoms with Crippen LogP contribution in [-0.4, -0.2) is 19.7 Å². The first-order valence-electron chi connectivity index (χ1n) is 3.36. The lowest BCUT2D eigenvalue weighted by atomic mass is 10.4. The second-order valence-electron chi connectivity index (χ2n) is 2.25. The van der Waals surface area contributed by atoms with Gasteiger partial charge in [0.25, 0.3) is 0 Å². The van der Waals surface area contributed by atoms with Crippen LogP contribution < -0.4 is 5.73 Å². The molecule has 0 radical (unpaired) electrons. The second-order valence-corrected chi connectivity index (χ2v) is 2.25. The molecule has 2 rings (SSSR count). The van der Waals surface area contributed by atoms with Crippen molar-refractivity contribution in [2.45, 2.75) is 6.54 Å². The molecule has 0 spiro atoms. The Morgan fingerprint density at radius 2 is 2.25 bits per heavy atom. The van der Waals surface area contributed by atoms with Crippen LogP contribution in [0.2, 0.25) is 0 Å². The van der Waals surface area contributed by atoms with Gasteiger partial charge in [0.15, 0.2) is 5.65 Å². The average Bonchev–Trinajstić information content (AvgIpc) is 2.48. The number of rotatable bonds is 1. The summed E-state index contributed by atoms with van der Waals surface area (Å²) in [4.78, 5) is 11.7. The maximum absolute atomic E-state index is 12.8. The summed E-state index contributed by atoms with van der Waals surface area (Å²) in [6, 6.07) is 0. The molecule has 0 aliphatic carbocycles. The molecule has 2 aromatic rings. The minimum absolute atomic E-state index is 0.158. The Morgan fingerprint density at radius 3 is 3.00 bits per heavy atom. The Labute approximate surface area is 67.0 Å². The Kier molecular flexibility index (Phi) is 1.47. The number of halogens is 1. The lowest BCUT2D eigenvalue weighted by molar-refractivity contribution is 0.381. The third-order valence-corrected chi connectivity index (χ3v) is 1.56. The summed E-state index contributed by atoms with van der Waals surface area (Å²) < 4.78 is 12.8. The van der Waals surface area contributed by atoms with Crippen molar-refractivity contribution < 1.29 is 4.48 Å². The van der Waals surface area contributed by atoms with Gasteiger partial charge in [-0.1, -0.05) is 4.48 Å². The number of nitrogens with two attached hydrogens (primary N) is 1. The Balaban J connectivity index is 2.81. The molecule has 0 unspecified atom stereocenters. The normalized spacial score (nSPS) is 10.8. The summed E-state index contributed by atoms with van der Waals surface area (Å²) in [5.41, 5.74) is 6.49. The third-order valence-electron chi connectivity index (χ3n) is 1.56. The molecule has 2 heterocycles. The van der Waals surface area contributed by atoms with Gasteiger partial charge in [0.2, 0.25) is 0 Å². The predicted molar refractivity (Wildman–Crippen MR) is 39.7 cm³/mol. The van der Waals surface area contributed by atoms with Gasteiger partial charge in [0.05, 0.1) is 5.69 Å². The summed E-state index contributed by atoms with van der Waals surface area (Å²) in [6.45, 7) is 0.232. The van der Waals surface area contributed by atoms with E-state index >= 15 is 0 Å². The lowest BCUT2D eigenvalue weighted by Crippen LogP contribution is -2.01. The van der Waals surface area contributed by atoms with E-state index in [0.29, 0.717) is 16.0 Å². The topological polar surface area (TPSA) is 69.6 Å². The van der Waals surface area contributed by atoms with Crippen LogP contribution in [0.4, 0.5) is 4.48 Å². The van der Waals surface area contributed by atoms with Gasteiger partial charge in [-0.05, 0) is 0 Å². The highest BCUT2D eigenvalue weighted by Gasteiger charge is 2.07. The fourth-order valence-corrected chi connectivity index (χ4v) is 1.01. The molecule has 62 valence electrons. The van der Waals surface area contributed by atoms with E-state index in [4.69, 9.17) is 5.73 Å². The predicted octanol–water partition coefficient (Wildman–Crippen LogP) is 0.0176. The van der Waals surface area contributed by atoms with E-state index in [1.807, 2.05) is 0 Å². The molecule has 0 fully saturated rings. The van der Waals surface area contributed by atoms with E-state index < -0.39 is 0 Å². The van der Waals surface area contributed by atoms with E-state index in [1.165, 1.54) is 6.33 Å². The molecule has 12 heavy (non-hydrogen) atoms. The van der Waals surface area contributed by atoms with E-state index in [1.54, 1.807) is 0 Å². The molecule has 6 heteroatoms. The number of hydrogen-bond acceptors (Lipinski definition) is 4. The molecule has 0 aromatic carbocycles. The van der Waals surface area contributed by atoms with Gasteiger partial charge in [-0.2, -0.15) is 0 Å². The molecule has 2 N–H and O–H groups in total. The van der Waals surface area contributed by atoms with Gasteiger partial charge >= 0.3 is 0 Å². The molecule has 5 nitrogen and oxygen atoms in total. The Bertz CT molecular complexity index is 409. The SMILES string of the molecule is NCc1ncnc2c1ncn2F. The fraction of sp³-hybridized carbons (Fsp3) is 0.167. The maximum atomic E-state index is 12.8. The van der Waals surface area contributed by atoms with Crippen LogP contribution in [0.5, 0.6) is 0 Å². The average molecular weight is 167 g/mol. The van der Waals surface area contributed by atoms with Crippen LogP contribution in [-0.2, 0) is 6.54 Å². The largest absolute Gasteiger partial charge is 0.325 e. The van der Waals surface area contributed by atoms with Gasteiger partial charge in [-0.3, -0.25) is 0 Å². The zero-order valence-electron chi connectivity index (χ0n) is 6.11. The zero-order valence-corrected chi connectivity index (χ0v) is 6.11. The first-order chi connectivity index (χ1) is 5.83. The number of imidazole rings is 1. The standard InChI is InChI=1S/C6H6FN5/c7-12-3-11-5-4(1-8)9-2-10-6(5)12/h2-3H,1,8H2. The van der Waals surface area contributed by atoms with Gasteiger partial charge in [0, 0.05) is 6.54 Å². The first-order valence-corrected chi connectivity index (χ1v) is 3.36. The van der Waals surface area contributed by atoms with Crippen molar-refractivity contribution in [3.63, 3.8) is 0 Å². The summed E-state index contributed by atoms with van der Waals surface area (Å²) in [5.74, 6) is 0. The van der Waals surface area contributed by atoms with Crippen molar-refractivity contribution >= 4 is 11.2 Å². The van der Waals surface area contributed by atoms with Crippen LogP contribution in [0, 0.1) is 0 Å². The lowest BCUT2D eigenvalue weighted by Gasteiger charge is -1.94. The summed E-state index contributed by atoms with van der Waals surface area (Å²) in [5, 5.41) is 0. The molecule has 0 amide bonds. The van der Waals surface area contributed by atoms with Crippen LogP contribution in [0.3, 0.4) is 0 Å². The van der Waals surface area contributed by atoms with Crippen LogP contribution >= 0.6 is 0 Å². The van der Waals surface area contributed by atoms with E-state index in [2.05, 4.69) is 15.0 Å². The van der Waals surface area contributed by atoms with Gasteiger partial charge in [-0.15, -0.1) is 4.79 Å². The van der Waals surface area contributed by atoms with Crippen molar-refractivity contribution in [3.8, 4) is 0 Å². The highest BCUT2D eigenvalue weighted by Crippen LogP contribution is 2.11. The number of aromatic nitrogens is 4. The van der Waals surface area contributed by atoms with E-state index in [0.717, 1.165) is 6.33 Å².